The fraction of sp³-hybridized carbons (Fsp3) is 0.235. The first kappa shape index (κ1) is 14.1. The zero-order valence-electron chi connectivity index (χ0n) is 11.7. The van der Waals surface area contributed by atoms with E-state index in [0.717, 1.165) is 22.4 Å². The number of methoxy groups -OCH3 is 1. The molecule has 2 aromatic rings. The van der Waals surface area contributed by atoms with E-state index in [4.69, 9.17) is 9.84 Å². The van der Waals surface area contributed by atoms with Crippen LogP contribution in [0, 0.1) is 5.92 Å². The molecule has 0 spiro atoms. The van der Waals surface area contributed by atoms with Crippen molar-refractivity contribution in [1.29, 1.82) is 0 Å². The predicted octanol–water partition coefficient (Wildman–Crippen LogP) is 3.63. The number of benzene rings is 2. The van der Waals surface area contributed by atoms with Crippen molar-refractivity contribution < 1.29 is 14.6 Å². The highest BCUT2D eigenvalue weighted by molar-refractivity contribution is 5.72. The minimum absolute atomic E-state index is 0.396. The van der Waals surface area contributed by atoms with Gasteiger partial charge in [0, 0.05) is 5.56 Å². The molecule has 20 heavy (non-hydrogen) atoms. The molecule has 1 atom stereocenters. The van der Waals surface area contributed by atoms with E-state index in [1.165, 1.54) is 0 Å². The quantitative estimate of drug-likeness (QED) is 0.902. The maximum Gasteiger partial charge on any atom is 0.306 e. The summed E-state index contributed by atoms with van der Waals surface area (Å²) >= 11 is 0. The average Bonchev–Trinajstić information content (AvgIpc) is 2.48. The molecule has 3 nitrogen and oxygen atoms in total. The lowest BCUT2D eigenvalue weighted by atomic mass is 9.96. The Morgan fingerprint density at radius 2 is 1.90 bits per heavy atom. The molecule has 0 saturated carbocycles. The summed E-state index contributed by atoms with van der Waals surface area (Å²) < 4.78 is 5.39. The van der Waals surface area contributed by atoms with Gasteiger partial charge in [0.2, 0.25) is 0 Å². The third kappa shape index (κ3) is 3.18. The summed E-state index contributed by atoms with van der Waals surface area (Å²) in [6, 6.07) is 15.8. The molecule has 2 aromatic carbocycles. The Bertz CT molecular complexity index is 590. The normalized spacial score (nSPS) is 11.9. The first-order chi connectivity index (χ1) is 9.61. The van der Waals surface area contributed by atoms with Crippen molar-refractivity contribution in [3.8, 4) is 16.9 Å². The van der Waals surface area contributed by atoms with Crippen molar-refractivity contribution in [2.45, 2.75) is 13.3 Å². The highest BCUT2D eigenvalue weighted by Crippen LogP contribution is 2.31. The van der Waals surface area contributed by atoms with Crippen LogP contribution in [0.5, 0.6) is 5.75 Å². The molecule has 0 saturated heterocycles. The maximum atomic E-state index is 11.0. The molecule has 0 amide bonds. The van der Waals surface area contributed by atoms with Crippen molar-refractivity contribution in [3.63, 3.8) is 0 Å². The molecule has 0 aromatic heterocycles. The van der Waals surface area contributed by atoms with Crippen LogP contribution in [0.1, 0.15) is 12.5 Å². The van der Waals surface area contributed by atoms with E-state index in [1.807, 2.05) is 48.5 Å². The lowest BCUT2D eigenvalue weighted by molar-refractivity contribution is -0.141. The first-order valence-electron chi connectivity index (χ1n) is 6.57. The largest absolute Gasteiger partial charge is 0.496 e. The van der Waals surface area contributed by atoms with Gasteiger partial charge in [0.25, 0.3) is 0 Å². The molecule has 0 aliphatic heterocycles. The molecule has 0 aliphatic carbocycles. The zero-order chi connectivity index (χ0) is 14.5. The Labute approximate surface area is 118 Å². The van der Waals surface area contributed by atoms with Crippen LogP contribution in [-0.2, 0) is 11.2 Å². The van der Waals surface area contributed by atoms with E-state index >= 15 is 0 Å². The second-order valence-electron chi connectivity index (χ2n) is 4.84. The van der Waals surface area contributed by atoms with Gasteiger partial charge in [0.05, 0.1) is 13.0 Å². The molecular formula is C17H18O3. The molecule has 3 heteroatoms. The van der Waals surface area contributed by atoms with Crippen LogP contribution in [0.2, 0.25) is 0 Å². The van der Waals surface area contributed by atoms with Gasteiger partial charge in [-0.2, -0.15) is 0 Å². The summed E-state index contributed by atoms with van der Waals surface area (Å²) in [5.74, 6) is -0.378. The van der Waals surface area contributed by atoms with Gasteiger partial charge in [-0.3, -0.25) is 4.79 Å². The molecule has 0 bridgehead atoms. The van der Waals surface area contributed by atoms with Crippen molar-refractivity contribution in [1.82, 2.24) is 0 Å². The molecule has 1 unspecified atom stereocenters. The van der Waals surface area contributed by atoms with Crippen molar-refractivity contribution in [3.05, 3.63) is 54.1 Å². The van der Waals surface area contributed by atoms with E-state index in [0.29, 0.717) is 6.42 Å². The van der Waals surface area contributed by atoms with Crippen LogP contribution in [0.3, 0.4) is 0 Å². The van der Waals surface area contributed by atoms with Crippen LogP contribution in [0.4, 0.5) is 0 Å². The van der Waals surface area contributed by atoms with Crippen LogP contribution in [-0.4, -0.2) is 18.2 Å². The van der Waals surface area contributed by atoms with E-state index in [-0.39, 0.29) is 0 Å². The van der Waals surface area contributed by atoms with E-state index < -0.39 is 11.9 Å². The van der Waals surface area contributed by atoms with Crippen LogP contribution >= 0.6 is 0 Å². The number of carboxylic acids is 1. The van der Waals surface area contributed by atoms with Gasteiger partial charge in [0.1, 0.15) is 5.75 Å². The van der Waals surface area contributed by atoms with Crippen LogP contribution in [0.25, 0.3) is 11.1 Å². The van der Waals surface area contributed by atoms with E-state index in [9.17, 15) is 4.79 Å². The number of carbonyl (C=O) groups is 1. The van der Waals surface area contributed by atoms with Gasteiger partial charge in [0.15, 0.2) is 0 Å². The number of aliphatic carboxylic acids is 1. The number of ether oxygens (including phenoxy) is 1. The van der Waals surface area contributed by atoms with Crippen molar-refractivity contribution >= 4 is 5.97 Å². The molecule has 0 fully saturated rings. The molecule has 0 heterocycles. The van der Waals surface area contributed by atoms with Gasteiger partial charge in [-0.25, -0.2) is 0 Å². The Balaban J connectivity index is 2.37. The number of hydrogen-bond acceptors (Lipinski definition) is 2. The lowest BCUT2D eigenvalue weighted by Crippen LogP contribution is -2.12. The summed E-state index contributed by atoms with van der Waals surface area (Å²) in [7, 11) is 1.64. The van der Waals surface area contributed by atoms with Gasteiger partial charge in [-0.05, 0) is 29.7 Å². The van der Waals surface area contributed by atoms with Gasteiger partial charge in [-0.1, -0.05) is 43.3 Å². The summed E-state index contributed by atoms with van der Waals surface area (Å²) in [4.78, 5) is 11.0. The molecule has 0 radical (unpaired) electrons. The number of carboxylic acid groups (broad SMARTS) is 1. The zero-order valence-corrected chi connectivity index (χ0v) is 11.7. The van der Waals surface area contributed by atoms with Gasteiger partial charge >= 0.3 is 5.97 Å². The molecule has 2 rings (SSSR count). The van der Waals surface area contributed by atoms with Crippen LogP contribution < -0.4 is 4.74 Å². The van der Waals surface area contributed by atoms with Crippen molar-refractivity contribution in [2.24, 2.45) is 5.92 Å². The highest BCUT2D eigenvalue weighted by atomic mass is 16.5. The Kier molecular flexibility index (Phi) is 4.41. The Morgan fingerprint density at radius 3 is 2.50 bits per heavy atom. The monoisotopic (exact) mass is 270 g/mol. The fourth-order valence-electron chi connectivity index (χ4n) is 2.17. The minimum Gasteiger partial charge on any atom is -0.496 e. The lowest BCUT2D eigenvalue weighted by Gasteiger charge is -2.12. The first-order valence-corrected chi connectivity index (χ1v) is 6.57. The predicted molar refractivity (Wildman–Crippen MR) is 78.9 cm³/mol. The topological polar surface area (TPSA) is 46.5 Å². The SMILES string of the molecule is COc1ccc(CC(C)C(=O)O)cc1-c1ccccc1. The van der Waals surface area contributed by atoms with E-state index in [1.54, 1.807) is 14.0 Å². The molecule has 104 valence electrons. The maximum absolute atomic E-state index is 11.0. The third-order valence-electron chi connectivity index (χ3n) is 3.31. The summed E-state index contributed by atoms with van der Waals surface area (Å²) in [6.45, 7) is 1.72. The standard InChI is InChI=1S/C17H18O3/c1-12(17(18)19)10-13-8-9-16(20-2)15(11-13)14-6-4-3-5-7-14/h3-9,11-12H,10H2,1-2H3,(H,18,19). The minimum atomic E-state index is -0.776. The van der Waals surface area contributed by atoms with Crippen molar-refractivity contribution in [2.75, 3.05) is 7.11 Å². The van der Waals surface area contributed by atoms with Gasteiger partial charge < -0.3 is 9.84 Å². The second kappa shape index (κ2) is 6.24. The third-order valence-corrected chi connectivity index (χ3v) is 3.31. The molecular weight excluding hydrogens is 252 g/mol. The summed E-state index contributed by atoms with van der Waals surface area (Å²) in [5, 5.41) is 9.01. The Morgan fingerprint density at radius 1 is 1.20 bits per heavy atom. The van der Waals surface area contributed by atoms with Gasteiger partial charge in [-0.15, -0.1) is 0 Å². The fourth-order valence-corrected chi connectivity index (χ4v) is 2.17. The average molecular weight is 270 g/mol. The summed E-state index contributed by atoms with van der Waals surface area (Å²) in [5.41, 5.74) is 3.05. The molecule has 0 aliphatic rings. The highest BCUT2D eigenvalue weighted by Gasteiger charge is 2.13. The smallest absolute Gasteiger partial charge is 0.306 e. The number of rotatable bonds is 5. The van der Waals surface area contributed by atoms with Crippen LogP contribution in [0.15, 0.2) is 48.5 Å². The Hall–Kier alpha value is -2.29. The summed E-state index contributed by atoms with van der Waals surface area (Å²) in [6.07, 6.45) is 0.513. The van der Waals surface area contributed by atoms with E-state index in [2.05, 4.69) is 0 Å². The second-order valence-corrected chi connectivity index (χ2v) is 4.84. The molecule has 1 N–H and O–H groups in total. The number of hydrogen-bond donors (Lipinski definition) is 1.